The van der Waals surface area contributed by atoms with Crippen LogP contribution in [0.1, 0.15) is 0 Å². The van der Waals surface area contributed by atoms with Gasteiger partial charge in [0, 0.05) is 6.07 Å². The van der Waals surface area contributed by atoms with Crippen LogP contribution in [0.4, 0.5) is 8.78 Å². The van der Waals surface area contributed by atoms with E-state index in [4.69, 9.17) is 10.2 Å². The van der Waals surface area contributed by atoms with E-state index in [-0.39, 0.29) is 0 Å². The van der Waals surface area contributed by atoms with Crippen molar-refractivity contribution in [3.8, 4) is 11.5 Å². The number of sulfonamides is 1. The minimum Gasteiger partial charge on any atom is -0.503 e. The van der Waals surface area contributed by atoms with Crippen LogP contribution in [-0.2, 0) is 10.0 Å². The number of phenols is 1. The lowest BCUT2D eigenvalue weighted by atomic mass is 10.3. The van der Waals surface area contributed by atoms with Gasteiger partial charge in [-0.05, 0) is 0 Å². The number of halogens is 2. The van der Waals surface area contributed by atoms with Crippen LogP contribution in [0.25, 0.3) is 0 Å². The highest BCUT2D eigenvalue weighted by molar-refractivity contribution is 7.89. The molecule has 0 bridgehead atoms. The van der Waals surface area contributed by atoms with Gasteiger partial charge in [-0.2, -0.15) is 4.39 Å². The minimum absolute atomic E-state index is 0.382. The maximum atomic E-state index is 13.1. The van der Waals surface area contributed by atoms with Crippen molar-refractivity contribution in [1.29, 1.82) is 0 Å². The fraction of sp³-hybridized carbons (Fsp3) is 0.143. The number of rotatable bonds is 2. The SMILES string of the molecule is COc1c(S(N)(=O)=O)cc(F)c(O)c1F. The molecule has 0 atom stereocenters. The van der Waals surface area contributed by atoms with Gasteiger partial charge in [-0.15, -0.1) is 0 Å². The summed E-state index contributed by atoms with van der Waals surface area (Å²) in [5, 5.41) is 13.5. The average Bonchev–Trinajstić information content (AvgIpc) is 2.12. The van der Waals surface area contributed by atoms with Gasteiger partial charge >= 0.3 is 0 Å². The number of primary sulfonamides is 1. The molecule has 84 valence electrons. The van der Waals surface area contributed by atoms with Crippen molar-refractivity contribution in [3.05, 3.63) is 17.7 Å². The van der Waals surface area contributed by atoms with Crippen LogP contribution in [0.2, 0.25) is 0 Å². The van der Waals surface area contributed by atoms with E-state index in [1.807, 2.05) is 0 Å². The summed E-state index contributed by atoms with van der Waals surface area (Å²) < 4.78 is 52.1. The van der Waals surface area contributed by atoms with Crippen LogP contribution in [0, 0.1) is 11.6 Å². The molecule has 1 rings (SSSR count). The lowest BCUT2D eigenvalue weighted by Gasteiger charge is -2.09. The predicted molar refractivity (Wildman–Crippen MR) is 45.9 cm³/mol. The number of hydrogen-bond donors (Lipinski definition) is 2. The van der Waals surface area contributed by atoms with Crippen molar-refractivity contribution in [1.82, 2.24) is 0 Å². The number of ether oxygens (including phenoxy) is 1. The van der Waals surface area contributed by atoms with Gasteiger partial charge < -0.3 is 9.84 Å². The van der Waals surface area contributed by atoms with E-state index in [0.29, 0.717) is 6.07 Å². The molecule has 0 amide bonds. The van der Waals surface area contributed by atoms with Crippen LogP contribution in [0.3, 0.4) is 0 Å². The number of nitrogens with two attached hydrogens (primary N) is 1. The molecule has 0 aliphatic heterocycles. The third-order valence-corrected chi connectivity index (χ3v) is 2.54. The maximum Gasteiger partial charge on any atom is 0.241 e. The van der Waals surface area contributed by atoms with Crippen LogP contribution < -0.4 is 9.88 Å². The Bertz CT molecular complexity index is 500. The number of methoxy groups -OCH3 is 1. The summed E-state index contributed by atoms with van der Waals surface area (Å²) in [4.78, 5) is -0.863. The zero-order chi connectivity index (χ0) is 11.8. The first-order valence-electron chi connectivity index (χ1n) is 3.56. The summed E-state index contributed by atoms with van der Waals surface area (Å²) >= 11 is 0. The molecule has 1 aromatic rings. The van der Waals surface area contributed by atoms with Crippen molar-refractivity contribution < 1.29 is 27.0 Å². The summed E-state index contributed by atoms with van der Waals surface area (Å²) in [6.45, 7) is 0. The molecule has 1 aromatic carbocycles. The van der Waals surface area contributed by atoms with Gasteiger partial charge in [-0.1, -0.05) is 0 Å². The lowest BCUT2D eigenvalue weighted by Crippen LogP contribution is -2.14. The molecule has 0 spiro atoms. The largest absolute Gasteiger partial charge is 0.503 e. The lowest BCUT2D eigenvalue weighted by molar-refractivity contribution is 0.340. The van der Waals surface area contributed by atoms with Gasteiger partial charge in [0.1, 0.15) is 4.90 Å². The summed E-state index contributed by atoms with van der Waals surface area (Å²) in [5.41, 5.74) is 0. The monoisotopic (exact) mass is 239 g/mol. The summed E-state index contributed by atoms with van der Waals surface area (Å²) in [7, 11) is -3.36. The van der Waals surface area contributed by atoms with E-state index in [0.717, 1.165) is 7.11 Å². The van der Waals surface area contributed by atoms with Crippen molar-refractivity contribution in [2.75, 3.05) is 7.11 Å². The molecule has 15 heavy (non-hydrogen) atoms. The van der Waals surface area contributed by atoms with Crippen LogP contribution in [-0.4, -0.2) is 20.6 Å². The number of aromatic hydroxyl groups is 1. The maximum absolute atomic E-state index is 13.1. The molecule has 0 unspecified atom stereocenters. The summed E-state index contributed by atoms with van der Waals surface area (Å²) in [6.07, 6.45) is 0. The zero-order valence-electron chi connectivity index (χ0n) is 7.49. The topological polar surface area (TPSA) is 89.6 Å². The zero-order valence-corrected chi connectivity index (χ0v) is 8.31. The average molecular weight is 239 g/mol. The molecule has 0 heterocycles. The minimum atomic E-state index is -4.32. The van der Waals surface area contributed by atoms with Gasteiger partial charge in [-0.25, -0.2) is 17.9 Å². The van der Waals surface area contributed by atoms with Crippen molar-refractivity contribution in [2.24, 2.45) is 5.14 Å². The van der Waals surface area contributed by atoms with E-state index in [9.17, 15) is 17.2 Å². The van der Waals surface area contributed by atoms with E-state index in [2.05, 4.69) is 4.74 Å². The van der Waals surface area contributed by atoms with Gasteiger partial charge in [0.15, 0.2) is 17.3 Å². The predicted octanol–water partition coefficient (Wildman–Crippen LogP) is 0.326. The third-order valence-electron chi connectivity index (χ3n) is 1.63. The molecule has 0 aliphatic carbocycles. The molecular weight excluding hydrogens is 232 g/mol. The summed E-state index contributed by atoms with van der Waals surface area (Å²) in [6, 6.07) is 0.382. The highest BCUT2D eigenvalue weighted by Crippen LogP contribution is 2.34. The van der Waals surface area contributed by atoms with Gasteiger partial charge in [-0.3, -0.25) is 0 Å². The Kier molecular flexibility index (Phi) is 2.82. The van der Waals surface area contributed by atoms with Gasteiger partial charge in [0.25, 0.3) is 0 Å². The van der Waals surface area contributed by atoms with E-state index in [1.54, 1.807) is 0 Å². The first kappa shape index (κ1) is 11.7. The normalized spacial score (nSPS) is 11.5. The Hall–Kier alpha value is -1.41. The van der Waals surface area contributed by atoms with Crippen LogP contribution in [0.15, 0.2) is 11.0 Å². The molecule has 5 nitrogen and oxygen atoms in total. The molecule has 0 aliphatic rings. The second kappa shape index (κ2) is 3.63. The van der Waals surface area contributed by atoms with Crippen molar-refractivity contribution in [3.63, 3.8) is 0 Å². The first-order chi connectivity index (χ1) is 6.79. The Morgan fingerprint density at radius 1 is 1.47 bits per heavy atom. The Balaban J connectivity index is 3.68. The first-order valence-corrected chi connectivity index (χ1v) is 5.11. The molecule has 0 saturated heterocycles. The quantitative estimate of drug-likeness (QED) is 0.778. The number of phenolic OH excluding ortho intramolecular Hbond substituents is 1. The molecule has 0 aromatic heterocycles. The Morgan fingerprint density at radius 2 is 2.00 bits per heavy atom. The summed E-state index contributed by atoms with van der Waals surface area (Å²) in [5.74, 6) is -5.09. The van der Waals surface area contributed by atoms with Gasteiger partial charge in [0.05, 0.1) is 7.11 Å². The fourth-order valence-electron chi connectivity index (χ4n) is 0.971. The van der Waals surface area contributed by atoms with Crippen molar-refractivity contribution >= 4 is 10.0 Å². The smallest absolute Gasteiger partial charge is 0.241 e. The molecule has 8 heteroatoms. The van der Waals surface area contributed by atoms with Crippen molar-refractivity contribution in [2.45, 2.75) is 4.90 Å². The second-order valence-electron chi connectivity index (χ2n) is 2.60. The van der Waals surface area contributed by atoms with Crippen LogP contribution in [0.5, 0.6) is 11.5 Å². The van der Waals surface area contributed by atoms with E-state index >= 15 is 0 Å². The Labute approximate surface area is 84.1 Å². The highest BCUT2D eigenvalue weighted by Gasteiger charge is 2.24. The molecule has 3 N–H and O–H groups in total. The van der Waals surface area contributed by atoms with Gasteiger partial charge in [0.2, 0.25) is 15.8 Å². The number of hydrogen-bond acceptors (Lipinski definition) is 4. The molecule has 0 fully saturated rings. The highest BCUT2D eigenvalue weighted by atomic mass is 32.2. The Morgan fingerprint density at radius 3 is 2.40 bits per heavy atom. The van der Waals surface area contributed by atoms with E-state index < -0.39 is 38.1 Å². The molecular formula is C7H7F2NO4S. The van der Waals surface area contributed by atoms with E-state index in [1.165, 1.54) is 0 Å². The van der Waals surface area contributed by atoms with Crippen LogP contribution >= 0.6 is 0 Å². The standard InChI is InChI=1S/C7H7F2NO4S/c1-14-7-4(15(10,12)13)2-3(8)6(11)5(7)9/h2,11H,1H3,(H2,10,12,13). The third kappa shape index (κ3) is 2.00. The fourth-order valence-corrected chi connectivity index (χ4v) is 1.67. The second-order valence-corrected chi connectivity index (χ2v) is 4.13. The number of benzene rings is 1. The molecule has 0 radical (unpaired) electrons. The molecule has 0 saturated carbocycles.